The van der Waals surface area contributed by atoms with Gasteiger partial charge in [0.2, 0.25) is 0 Å². The Bertz CT molecular complexity index is 232. The molecule has 0 radical (unpaired) electrons. The molecule has 2 aliphatic rings. The molecule has 74 valence electrons. The third kappa shape index (κ3) is 1.40. The molecular weight excluding hydrogens is 162 g/mol. The highest BCUT2D eigenvalue weighted by Gasteiger charge is 2.44. The number of aliphatic imine (C=N–C) groups is 1. The van der Waals surface area contributed by atoms with Crippen LogP contribution in [0.15, 0.2) is 4.99 Å². The predicted molar refractivity (Wildman–Crippen MR) is 54.7 cm³/mol. The van der Waals surface area contributed by atoms with Crippen LogP contribution in [0.1, 0.15) is 39.5 Å². The van der Waals surface area contributed by atoms with Crippen molar-refractivity contribution in [1.29, 1.82) is 0 Å². The minimum Gasteiger partial charge on any atom is -0.370 e. The second kappa shape index (κ2) is 2.89. The van der Waals surface area contributed by atoms with Crippen molar-refractivity contribution in [2.45, 2.75) is 51.1 Å². The summed E-state index contributed by atoms with van der Waals surface area (Å²) >= 11 is 0. The smallest absolute Gasteiger partial charge is 0.192 e. The highest BCUT2D eigenvalue weighted by atomic mass is 15.4. The number of guanidine groups is 1. The van der Waals surface area contributed by atoms with Crippen LogP contribution in [0.25, 0.3) is 0 Å². The van der Waals surface area contributed by atoms with Crippen LogP contribution in [0, 0.1) is 0 Å². The molecule has 0 aromatic rings. The lowest BCUT2D eigenvalue weighted by molar-refractivity contribution is 0.198. The molecule has 2 rings (SSSR count). The lowest BCUT2D eigenvalue weighted by atomic mass is 9.95. The van der Waals surface area contributed by atoms with Gasteiger partial charge in [-0.25, -0.2) is 0 Å². The Morgan fingerprint density at radius 1 is 1.62 bits per heavy atom. The molecule has 0 aromatic heterocycles. The first-order valence-electron chi connectivity index (χ1n) is 5.26. The minimum atomic E-state index is 0.222. The van der Waals surface area contributed by atoms with E-state index in [4.69, 9.17) is 5.73 Å². The summed E-state index contributed by atoms with van der Waals surface area (Å²) in [5.41, 5.74) is 6.12. The van der Waals surface area contributed by atoms with E-state index in [0.717, 1.165) is 12.5 Å². The maximum atomic E-state index is 5.90. The standard InChI is InChI=1S/C10H19N3/c1-3-6-10(2)7-12-9(11)13(10)8-4-5-8/h8H,3-7H2,1-2H3,(H2,11,12). The first kappa shape index (κ1) is 8.85. The zero-order chi connectivity index (χ0) is 9.47. The van der Waals surface area contributed by atoms with Crippen molar-refractivity contribution >= 4 is 5.96 Å². The van der Waals surface area contributed by atoms with Crippen molar-refractivity contribution in [1.82, 2.24) is 4.90 Å². The van der Waals surface area contributed by atoms with Crippen LogP contribution >= 0.6 is 0 Å². The van der Waals surface area contributed by atoms with Gasteiger partial charge in [0.25, 0.3) is 0 Å². The number of hydrogen-bond acceptors (Lipinski definition) is 3. The molecule has 0 spiro atoms. The van der Waals surface area contributed by atoms with Crippen LogP contribution in [0.4, 0.5) is 0 Å². The zero-order valence-electron chi connectivity index (χ0n) is 8.58. The summed E-state index contributed by atoms with van der Waals surface area (Å²) in [5, 5.41) is 0. The highest BCUT2D eigenvalue weighted by Crippen LogP contribution is 2.37. The van der Waals surface area contributed by atoms with Gasteiger partial charge in [-0.3, -0.25) is 4.99 Å². The van der Waals surface area contributed by atoms with E-state index in [1.54, 1.807) is 0 Å². The monoisotopic (exact) mass is 181 g/mol. The molecule has 2 N–H and O–H groups in total. The highest BCUT2D eigenvalue weighted by molar-refractivity contribution is 5.81. The average molecular weight is 181 g/mol. The largest absolute Gasteiger partial charge is 0.370 e. The van der Waals surface area contributed by atoms with Gasteiger partial charge in [-0.1, -0.05) is 13.3 Å². The quantitative estimate of drug-likeness (QED) is 0.714. The van der Waals surface area contributed by atoms with Gasteiger partial charge < -0.3 is 10.6 Å². The molecule has 0 amide bonds. The fraction of sp³-hybridized carbons (Fsp3) is 0.900. The van der Waals surface area contributed by atoms with Crippen molar-refractivity contribution in [3.8, 4) is 0 Å². The third-order valence-corrected chi connectivity index (χ3v) is 3.11. The maximum absolute atomic E-state index is 5.90. The van der Waals surface area contributed by atoms with E-state index in [2.05, 4.69) is 23.7 Å². The van der Waals surface area contributed by atoms with Crippen molar-refractivity contribution < 1.29 is 0 Å². The van der Waals surface area contributed by atoms with Crippen LogP contribution in [0.5, 0.6) is 0 Å². The van der Waals surface area contributed by atoms with Crippen LogP contribution in [-0.2, 0) is 0 Å². The van der Waals surface area contributed by atoms with Crippen molar-refractivity contribution in [2.24, 2.45) is 10.7 Å². The molecule has 1 aliphatic heterocycles. The van der Waals surface area contributed by atoms with Crippen LogP contribution in [0.2, 0.25) is 0 Å². The summed E-state index contributed by atoms with van der Waals surface area (Å²) in [4.78, 5) is 6.73. The van der Waals surface area contributed by atoms with Gasteiger partial charge in [-0.15, -0.1) is 0 Å². The lowest BCUT2D eigenvalue weighted by Crippen LogP contribution is -2.50. The molecule has 1 saturated carbocycles. The Hall–Kier alpha value is -0.730. The average Bonchev–Trinajstić information content (AvgIpc) is 2.82. The van der Waals surface area contributed by atoms with Crippen molar-refractivity contribution in [2.75, 3.05) is 6.54 Å². The maximum Gasteiger partial charge on any atom is 0.192 e. The van der Waals surface area contributed by atoms with Gasteiger partial charge in [-0.05, 0) is 26.2 Å². The Kier molecular flexibility index (Phi) is 1.97. The van der Waals surface area contributed by atoms with E-state index in [-0.39, 0.29) is 5.54 Å². The van der Waals surface area contributed by atoms with Crippen LogP contribution < -0.4 is 5.73 Å². The molecular formula is C10H19N3. The normalized spacial score (nSPS) is 33.7. The van der Waals surface area contributed by atoms with E-state index in [9.17, 15) is 0 Å². The Morgan fingerprint density at radius 3 is 2.85 bits per heavy atom. The topological polar surface area (TPSA) is 41.6 Å². The van der Waals surface area contributed by atoms with E-state index in [1.165, 1.54) is 25.7 Å². The van der Waals surface area contributed by atoms with Crippen molar-refractivity contribution in [3.05, 3.63) is 0 Å². The Morgan fingerprint density at radius 2 is 2.31 bits per heavy atom. The molecule has 1 unspecified atom stereocenters. The van der Waals surface area contributed by atoms with Gasteiger partial charge >= 0.3 is 0 Å². The molecule has 3 heteroatoms. The molecule has 13 heavy (non-hydrogen) atoms. The Labute approximate surface area is 80.0 Å². The molecule has 1 heterocycles. The summed E-state index contributed by atoms with van der Waals surface area (Å²) in [7, 11) is 0. The third-order valence-electron chi connectivity index (χ3n) is 3.11. The summed E-state index contributed by atoms with van der Waals surface area (Å²) < 4.78 is 0. The number of hydrogen-bond donors (Lipinski definition) is 1. The first-order chi connectivity index (χ1) is 6.17. The molecule has 3 nitrogen and oxygen atoms in total. The fourth-order valence-electron chi connectivity index (χ4n) is 2.38. The minimum absolute atomic E-state index is 0.222. The van der Waals surface area contributed by atoms with E-state index >= 15 is 0 Å². The van der Waals surface area contributed by atoms with E-state index < -0.39 is 0 Å². The predicted octanol–water partition coefficient (Wildman–Crippen LogP) is 1.34. The number of rotatable bonds is 3. The van der Waals surface area contributed by atoms with Crippen LogP contribution in [-0.4, -0.2) is 29.0 Å². The SMILES string of the molecule is CCCC1(C)CN=C(N)N1C1CC1. The van der Waals surface area contributed by atoms with Gasteiger partial charge in [0.05, 0.1) is 12.1 Å². The van der Waals surface area contributed by atoms with Gasteiger partial charge in [0.1, 0.15) is 0 Å². The summed E-state index contributed by atoms with van der Waals surface area (Å²) in [6, 6.07) is 0.697. The first-order valence-corrected chi connectivity index (χ1v) is 5.26. The Balaban J connectivity index is 2.12. The van der Waals surface area contributed by atoms with Crippen molar-refractivity contribution in [3.63, 3.8) is 0 Å². The number of nitrogens with two attached hydrogens (primary N) is 1. The molecule has 1 fully saturated rings. The summed E-state index contributed by atoms with van der Waals surface area (Å²) in [6.07, 6.45) is 5.02. The summed E-state index contributed by atoms with van der Waals surface area (Å²) in [6.45, 7) is 5.41. The molecule has 0 saturated heterocycles. The van der Waals surface area contributed by atoms with Gasteiger partial charge in [0, 0.05) is 6.04 Å². The zero-order valence-corrected chi connectivity index (χ0v) is 8.58. The molecule has 0 aromatic carbocycles. The van der Waals surface area contributed by atoms with Crippen LogP contribution in [0.3, 0.4) is 0 Å². The second-order valence-electron chi connectivity index (χ2n) is 4.52. The van der Waals surface area contributed by atoms with E-state index in [0.29, 0.717) is 6.04 Å². The molecule has 1 atom stereocenters. The molecule has 1 aliphatic carbocycles. The second-order valence-corrected chi connectivity index (χ2v) is 4.52. The number of nitrogens with zero attached hydrogens (tertiary/aromatic N) is 2. The summed E-state index contributed by atoms with van der Waals surface area (Å²) in [5.74, 6) is 0.776. The van der Waals surface area contributed by atoms with Gasteiger partial charge in [0.15, 0.2) is 5.96 Å². The fourth-order valence-corrected chi connectivity index (χ4v) is 2.38. The lowest BCUT2D eigenvalue weighted by Gasteiger charge is -2.36. The van der Waals surface area contributed by atoms with Gasteiger partial charge in [-0.2, -0.15) is 0 Å². The van der Waals surface area contributed by atoms with E-state index in [1.807, 2.05) is 0 Å². The molecule has 0 bridgehead atoms.